The highest BCUT2D eigenvalue weighted by Gasteiger charge is 2.33. The van der Waals surface area contributed by atoms with Crippen molar-refractivity contribution in [2.24, 2.45) is 0 Å². The van der Waals surface area contributed by atoms with Gasteiger partial charge in [0, 0.05) is 0 Å². The van der Waals surface area contributed by atoms with Crippen molar-refractivity contribution >= 4 is 0 Å². The van der Waals surface area contributed by atoms with Gasteiger partial charge in [0.05, 0.1) is 17.2 Å². The molecule has 0 unspecified atom stereocenters. The third kappa shape index (κ3) is 2.03. The summed E-state index contributed by atoms with van der Waals surface area (Å²) in [5.41, 5.74) is -1.48. The van der Waals surface area contributed by atoms with E-state index in [0.717, 1.165) is 12.1 Å². The second-order valence-electron chi connectivity index (χ2n) is 2.54. The molecule has 1 radical (unpaired) electrons. The molecule has 0 aliphatic carbocycles. The van der Waals surface area contributed by atoms with Crippen molar-refractivity contribution in [1.29, 1.82) is 5.26 Å². The van der Waals surface area contributed by atoms with Crippen LogP contribution in [0.3, 0.4) is 0 Å². The number of aliphatic hydroxyl groups is 1. The Morgan fingerprint density at radius 1 is 1.36 bits per heavy atom. The molecule has 1 rings (SSSR count). The fourth-order valence-electron chi connectivity index (χ4n) is 0.974. The maximum atomic E-state index is 12.3. The smallest absolute Gasteiger partial charge is 0.385 e. The molecule has 0 aliphatic rings. The second-order valence-corrected chi connectivity index (χ2v) is 2.54. The van der Waals surface area contributed by atoms with Gasteiger partial charge in [0.25, 0.3) is 0 Å². The van der Waals surface area contributed by atoms with Crippen LogP contribution in [0.2, 0.25) is 0 Å². The van der Waals surface area contributed by atoms with E-state index in [9.17, 15) is 13.2 Å². The van der Waals surface area contributed by atoms with Crippen LogP contribution in [0.15, 0.2) is 18.2 Å². The van der Waals surface area contributed by atoms with E-state index in [0.29, 0.717) is 6.61 Å². The number of nitriles is 1. The van der Waals surface area contributed by atoms with Gasteiger partial charge in [-0.15, -0.1) is 0 Å². The summed E-state index contributed by atoms with van der Waals surface area (Å²) in [6, 6.07) is 4.41. The first-order valence-electron chi connectivity index (χ1n) is 3.58. The van der Waals surface area contributed by atoms with E-state index in [1.165, 1.54) is 12.1 Å². The number of aliphatic hydroxyl groups excluding tert-OH is 1. The SMILES string of the molecule is N#Cc1ccc([CH]O)cc1C(F)(F)F. The minimum atomic E-state index is -4.58. The highest BCUT2D eigenvalue weighted by molar-refractivity contribution is 5.43. The van der Waals surface area contributed by atoms with Crippen molar-refractivity contribution in [3.05, 3.63) is 41.5 Å². The normalized spacial score (nSPS) is 11.1. The number of benzene rings is 1. The molecule has 73 valence electrons. The van der Waals surface area contributed by atoms with Crippen LogP contribution in [0.4, 0.5) is 13.2 Å². The average molecular weight is 200 g/mol. The minimum absolute atomic E-state index is 0.0105. The molecule has 5 heteroatoms. The lowest BCUT2D eigenvalue weighted by Crippen LogP contribution is -2.08. The van der Waals surface area contributed by atoms with Crippen LogP contribution in [0.25, 0.3) is 0 Å². The van der Waals surface area contributed by atoms with E-state index in [1.54, 1.807) is 0 Å². The van der Waals surface area contributed by atoms with Crippen LogP contribution >= 0.6 is 0 Å². The minimum Gasteiger partial charge on any atom is -0.385 e. The Labute approximate surface area is 78.2 Å². The van der Waals surface area contributed by atoms with Gasteiger partial charge >= 0.3 is 6.18 Å². The summed E-state index contributed by atoms with van der Waals surface area (Å²) in [5.74, 6) is 0. The van der Waals surface area contributed by atoms with E-state index in [2.05, 4.69) is 0 Å². The molecule has 1 N–H and O–H groups in total. The Bertz CT molecular complexity index is 379. The molecule has 0 amide bonds. The number of hydrogen-bond acceptors (Lipinski definition) is 2. The van der Waals surface area contributed by atoms with Crippen LogP contribution in [-0.4, -0.2) is 5.11 Å². The summed E-state index contributed by atoms with van der Waals surface area (Å²) in [5, 5.41) is 16.9. The maximum Gasteiger partial charge on any atom is 0.417 e. The summed E-state index contributed by atoms with van der Waals surface area (Å²) in [6.45, 7) is 0.552. The van der Waals surface area contributed by atoms with Gasteiger partial charge in [0.15, 0.2) is 0 Å². The molecule has 0 aliphatic heterocycles. The molecule has 0 aromatic heterocycles. The van der Waals surface area contributed by atoms with Gasteiger partial charge in [-0.3, -0.25) is 0 Å². The fourth-order valence-corrected chi connectivity index (χ4v) is 0.974. The Morgan fingerprint density at radius 2 is 2.00 bits per heavy atom. The summed E-state index contributed by atoms with van der Waals surface area (Å²) >= 11 is 0. The maximum absolute atomic E-state index is 12.3. The quantitative estimate of drug-likeness (QED) is 0.756. The Balaban J connectivity index is 3.31. The summed E-state index contributed by atoms with van der Waals surface area (Å²) in [4.78, 5) is 0. The lowest BCUT2D eigenvalue weighted by Gasteiger charge is -2.09. The zero-order chi connectivity index (χ0) is 10.8. The molecule has 0 saturated heterocycles. The van der Waals surface area contributed by atoms with E-state index in [-0.39, 0.29) is 5.56 Å². The molecule has 0 fully saturated rings. The number of rotatable bonds is 1. The second kappa shape index (κ2) is 3.68. The molecule has 1 aromatic rings. The first-order valence-corrected chi connectivity index (χ1v) is 3.58. The summed E-state index contributed by atoms with van der Waals surface area (Å²) in [7, 11) is 0. The third-order valence-electron chi connectivity index (χ3n) is 1.62. The molecular formula is C9H5F3NO. The first kappa shape index (κ1) is 10.5. The molecule has 14 heavy (non-hydrogen) atoms. The van der Waals surface area contributed by atoms with Gasteiger partial charge in [0.2, 0.25) is 0 Å². The predicted molar refractivity (Wildman–Crippen MR) is 41.5 cm³/mol. The highest BCUT2D eigenvalue weighted by atomic mass is 19.4. The largest absolute Gasteiger partial charge is 0.417 e. The van der Waals surface area contributed by atoms with Crippen molar-refractivity contribution in [2.45, 2.75) is 6.18 Å². The first-order chi connectivity index (χ1) is 6.49. The molecule has 0 atom stereocenters. The Hall–Kier alpha value is -1.54. The summed E-state index contributed by atoms with van der Waals surface area (Å²) < 4.78 is 36.9. The molecular weight excluding hydrogens is 195 g/mol. The Kier molecular flexibility index (Phi) is 2.77. The van der Waals surface area contributed by atoms with Gasteiger partial charge in [-0.2, -0.15) is 18.4 Å². The van der Waals surface area contributed by atoms with E-state index < -0.39 is 17.3 Å². The number of halogens is 3. The molecule has 1 aromatic carbocycles. The Morgan fingerprint density at radius 3 is 2.43 bits per heavy atom. The van der Waals surface area contributed by atoms with E-state index >= 15 is 0 Å². The monoisotopic (exact) mass is 200 g/mol. The highest BCUT2D eigenvalue weighted by Crippen LogP contribution is 2.32. The van der Waals surface area contributed by atoms with Crippen LogP contribution in [0.1, 0.15) is 16.7 Å². The fraction of sp³-hybridized carbons (Fsp3) is 0.111. The molecule has 0 spiro atoms. The zero-order valence-electron chi connectivity index (χ0n) is 6.84. The van der Waals surface area contributed by atoms with Gasteiger partial charge in [-0.1, -0.05) is 6.07 Å². The predicted octanol–water partition coefficient (Wildman–Crippen LogP) is 2.46. The van der Waals surface area contributed by atoms with E-state index in [1.807, 2.05) is 0 Å². The van der Waals surface area contributed by atoms with Crippen LogP contribution in [0, 0.1) is 17.9 Å². The van der Waals surface area contributed by atoms with Crippen LogP contribution in [0.5, 0.6) is 0 Å². The standard InChI is InChI=1S/C9H5F3NO/c10-9(11,12)8-3-6(5-14)1-2-7(8)4-13/h1-3,5,14H. The van der Waals surface area contributed by atoms with Gasteiger partial charge < -0.3 is 5.11 Å². The van der Waals surface area contributed by atoms with Crippen LogP contribution in [-0.2, 0) is 6.18 Å². The number of nitrogens with zero attached hydrogens (tertiary/aromatic N) is 1. The topological polar surface area (TPSA) is 44.0 Å². The van der Waals surface area contributed by atoms with Gasteiger partial charge in [-0.05, 0) is 17.7 Å². The lowest BCUT2D eigenvalue weighted by atomic mass is 10.0. The van der Waals surface area contributed by atoms with Crippen molar-refractivity contribution in [1.82, 2.24) is 0 Å². The summed E-state index contributed by atoms with van der Waals surface area (Å²) in [6.07, 6.45) is -4.58. The van der Waals surface area contributed by atoms with Crippen molar-refractivity contribution in [3.8, 4) is 6.07 Å². The third-order valence-corrected chi connectivity index (χ3v) is 1.62. The van der Waals surface area contributed by atoms with Gasteiger partial charge in [0.1, 0.15) is 6.61 Å². The molecule has 2 nitrogen and oxygen atoms in total. The molecule has 0 heterocycles. The van der Waals surface area contributed by atoms with E-state index in [4.69, 9.17) is 10.4 Å². The number of alkyl halides is 3. The van der Waals surface area contributed by atoms with Crippen LogP contribution < -0.4 is 0 Å². The molecule has 0 bridgehead atoms. The van der Waals surface area contributed by atoms with Crippen molar-refractivity contribution in [2.75, 3.05) is 0 Å². The lowest BCUT2D eigenvalue weighted by molar-refractivity contribution is -0.137. The number of hydrogen-bond donors (Lipinski definition) is 1. The average Bonchev–Trinajstić information content (AvgIpc) is 2.15. The van der Waals surface area contributed by atoms with Gasteiger partial charge in [-0.25, -0.2) is 0 Å². The molecule has 0 saturated carbocycles. The van der Waals surface area contributed by atoms with Crippen molar-refractivity contribution < 1.29 is 18.3 Å². The zero-order valence-corrected chi connectivity index (χ0v) is 6.84. The van der Waals surface area contributed by atoms with Crippen molar-refractivity contribution in [3.63, 3.8) is 0 Å².